The molecule has 27 heavy (non-hydrogen) atoms. The fourth-order valence-corrected chi connectivity index (χ4v) is 3.25. The number of hydrogen-bond acceptors (Lipinski definition) is 5. The minimum atomic E-state index is -0.195. The molecule has 0 saturated heterocycles. The van der Waals surface area contributed by atoms with Crippen LogP contribution in [0, 0.1) is 0 Å². The summed E-state index contributed by atoms with van der Waals surface area (Å²) >= 11 is 7.47. The highest BCUT2D eigenvalue weighted by Crippen LogP contribution is 2.25. The first-order valence-corrected chi connectivity index (χ1v) is 9.37. The first kappa shape index (κ1) is 18.9. The standard InChI is InChI=1S/C20H18ClN3O2S/c1-13(2)10-22-20-24(23-11-14-3-8-18(25)19(26)9-14)17(12-27-20)15-4-6-16(21)7-5-15/h3-9,11-12,25-26H,1,10H2,2H3. The summed E-state index contributed by atoms with van der Waals surface area (Å²) in [6.45, 7) is 6.31. The van der Waals surface area contributed by atoms with Crippen molar-refractivity contribution in [3.05, 3.63) is 75.4 Å². The van der Waals surface area contributed by atoms with Crippen molar-refractivity contribution in [1.82, 2.24) is 4.68 Å². The molecule has 7 heteroatoms. The number of thiazole rings is 1. The molecule has 0 aliphatic rings. The Kier molecular flexibility index (Phi) is 5.78. The van der Waals surface area contributed by atoms with Crippen LogP contribution < -0.4 is 4.80 Å². The van der Waals surface area contributed by atoms with Gasteiger partial charge in [0.15, 0.2) is 11.5 Å². The van der Waals surface area contributed by atoms with Crippen LogP contribution in [0.3, 0.4) is 0 Å². The molecule has 0 atom stereocenters. The first-order valence-electron chi connectivity index (χ1n) is 8.12. The average Bonchev–Trinajstić information content (AvgIpc) is 3.04. The molecule has 0 unspecified atom stereocenters. The Bertz CT molecular complexity index is 1070. The molecule has 2 aromatic carbocycles. The first-order chi connectivity index (χ1) is 12.9. The second-order valence-corrected chi connectivity index (χ2v) is 7.26. The summed E-state index contributed by atoms with van der Waals surface area (Å²) in [6, 6.07) is 12.0. The zero-order valence-electron chi connectivity index (χ0n) is 14.6. The van der Waals surface area contributed by atoms with Gasteiger partial charge in [-0.15, -0.1) is 11.3 Å². The molecule has 3 aromatic rings. The molecule has 0 radical (unpaired) electrons. The Morgan fingerprint density at radius 2 is 1.93 bits per heavy atom. The summed E-state index contributed by atoms with van der Waals surface area (Å²) in [5, 5.41) is 26.3. The number of rotatable bonds is 5. The summed E-state index contributed by atoms with van der Waals surface area (Å²) in [5.41, 5.74) is 3.43. The van der Waals surface area contributed by atoms with Crippen molar-refractivity contribution in [1.29, 1.82) is 0 Å². The second kappa shape index (κ2) is 8.24. The maximum absolute atomic E-state index is 9.66. The van der Waals surface area contributed by atoms with Gasteiger partial charge in [-0.2, -0.15) is 5.10 Å². The molecule has 138 valence electrons. The number of halogens is 1. The van der Waals surface area contributed by atoms with Crippen LogP contribution in [0.4, 0.5) is 0 Å². The van der Waals surface area contributed by atoms with Crippen LogP contribution in [0.15, 0.2) is 70.1 Å². The Labute approximate surface area is 165 Å². The highest BCUT2D eigenvalue weighted by Gasteiger charge is 2.08. The lowest BCUT2D eigenvalue weighted by Crippen LogP contribution is -2.13. The largest absolute Gasteiger partial charge is 0.504 e. The lowest BCUT2D eigenvalue weighted by atomic mass is 10.2. The number of nitrogens with zero attached hydrogens (tertiary/aromatic N) is 3. The van der Waals surface area contributed by atoms with E-state index in [0.717, 1.165) is 21.6 Å². The van der Waals surface area contributed by atoms with E-state index in [2.05, 4.69) is 16.7 Å². The van der Waals surface area contributed by atoms with E-state index in [-0.39, 0.29) is 11.5 Å². The molecule has 1 aromatic heterocycles. The highest BCUT2D eigenvalue weighted by atomic mass is 35.5. The van der Waals surface area contributed by atoms with Gasteiger partial charge in [0.25, 0.3) is 0 Å². The summed E-state index contributed by atoms with van der Waals surface area (Å²) < 4.78 is 1.74. The molecule has 0 spiro atoms. The van der Waals surface area contributed by atoms with E-state index in [1.807, 2.05) is 36.6 Å². The number of phenols is 2. The van der Waals surface area contributed by atoms with Crippen molar-refractivity contribution in [2.24, 2.45) is 10.1 Å². The van der Waals surface area contributed by atoms with E-state index in [4.69, 9.17) is 11.6 Å². The van der Waals surface area contributed by atoms with Gasteiger partial charge in [-0.1, -0.05) is 35.9 Å². The van der Waals surface area contributed by atoms with Crippen LogP contribution >= 0.6 is 22.9 Å². The highest BCUT2D eigenvalue weighted by molar-refractivity contribution is 7.07. The monoisotopic (exact) mass is 399 g/mol. The predicted octanol–water partition coefficient (Wildman–Crippen LogP) is 4.64. The zero-order chi connectivity index (χ0) is 19.4. The minimum absolute atomic E-state index is 0.172. The van der Waals surface area contributed by atoms with Crippen LogP contribution in [-0.4, -0.2) is 27.6 Å². The van der Waals surface area contributed by atoms with Gasteiger partial charge in [0.1, 0.15) is 0 Å². The summed E-state index contributed by atoms with van der Waals surface area (Å²) in [4.78, 5) is 5.29. The molecular formula is C20H18ClN3O2S. The topological polar surface area (TPSA) is 70.1 Å². The Balaban J connectivity index is 2.06. The molecule has 0 bridgehead atoms. The van der Waals surface area contributed by atoms with Crippen molar-refractivity contribution >= 4 is 29.2 Å². The third-order valence-electron chi connectivity index (χ3n) is 3.63. The van der Waals surface area contributed by atoms with Crippen molar-refractivity contribution in [2.45, 2.75) is 6.92 Å². The molecule has 0 fully saturated rings. The van der Waals surface area contributed by atoms with Gasteiger partial charge in [0.2, 0.25) is 4.80 Å². The van der Waals surface area contributed by atoms with E-state index >= 15 is 0 Å². The quantitative estimate of drug-likeness (QED) is 0.372. The van der Waals surface area contributed by atoms with Crippen molar-refractivity contribution < 1.29 is 10.2 Å². The molecule has 5 nitrogen and oxygen atoms in total. The van der Waals surface area contributed by atoms with Crippen molar-refractivity contribution in [3.8, 4) is 22.8 Å². The smallest absolute Gasteiger partial charge is 0.206 e. The van der Waals surface area contributed by atoms with Crippen LogP contribution in [0.25, 0.3) is 11.3 Å². The maximum Gasteiger partial charge on any atom is 0.206 e. The minimum Gasteiger partial charge on any atom is -0.504 e. The molecule has 1 heterocycles. The second-order valence-electron chi connectivity index (χ2n) is 5.99. The number of aromatic hydroxyl groups is 2. The van der Waals surface area contributed by atoms with Gasteiger partial charge in [0.05, 0.1) is 18.5 Å². The average molecular weight is 400 g/mol. The van der Waals surface area contributed by atoms with E-state index in [0.29, 0.717) is 17.1 Å². The van der Waals surface area contributed by atoms with Gasteiger partial charge >= 0.3 is 0 Å². The molecule has 2 N–H and O–H groups in total. The zero-order valence-corrected chi connectivity index (χ0v) is 16.2. The molecule has 3 rings (SSSR count). The van der Waals surface area contributed by atoms with Crippen LogP contribution in [-0.2, 0) is 0 Å². The van der Waals surface area contributed by atoms with Gasteiger partial charge in [-0.05, 0) is 42.8 Å². The van der Waals surface area contributed by atoms with Crippen LogP contribution in [0.2, 0.25) is 5.02 Å². The van der Waals surface area contributed by atoms with Crippen molar-refractivity contribution in [2.75, 3.05) is 6.54 Å². The third kappa shape index (κ3) is 4.67. The lowest BCUT2D eigenvalue weighted by molar-refractivity contribution is 0.403. The molecule has 0 aliphatic heterocycles. The maximum atomic E-state index is 9.66. The van der Waals surface area contributed by atoms with Gasteiger partial charge in [-0.3, -0.25) is 4.99 Å². The van der Waals surface area contributed by atoms with E-state index in [9.17, 15) is 10.2 Å². The molecular weight excluding hydrogens is 382 g/mol. The SMILES string of the molecule is C=C(C)CN=c1scc(-c2ccc(Cl)cc2)n1N=Cc1ccc(O)c(O)c1. The van der Waals surface area contributed by atoms with E-state index in [1.165, 1.54) is 23.5 Å². The molecule has 0 aliphatic carbocycles. The van der Waals surface area contributed by atoms with E-state index < -0.39 is 0 Å². The number of phenolic OH excluding ortho intramolecular Hbond substituents is 2. The Morgan fingerprint density at radius 3 is 2.59 bits per heavy atom. The van der Waals surface area contributed by atoms with E-state index in [1.54, 1.807) is 17.0 Å². The summed E-state index contributed by atoms with van der Waals surface area (Å²) in [7, 11) is 0. The van der Waals surface area contributed by atoms with Crippen LogP contribution in [0.1, 0.15) is 12.5 Å². The summed E-state index contributed by atoms with van der Waals surface area (Å²) in [6.07, 6.45) is 1.60. The molecule has 0 amide bonds. The fourth-order valence-electron chi connectivity index (χ4n) is 2.29. The lowest BCUT2D eigenvalue weighted by Gasteiger charge is -2.04. The van der Waals surface area contributed by atoms with Gasteiger partial charge in [-0.25, -0.2) is 4.68 Å². The van der Waals surface area contributed by atoms with Crippen molar-refractivity contribution in [3.63, 3.8) is 0 Å². The predicted molar refractivity (Wildman–Crippen MR) is 111 cm³/mol. The van der Waals surface area contributed by atoms with Gasteiger partial charge < -0.3 is 10.2 Å². The Hall–Kier alpha value is -2.83. The van der Waals surface area contributed by atoms with Crippen LogP contribution in [0.5, 0.6) is 11.5 Å². The molecule has 0 saturated carbocycles. The number of benzene rings is 2. The fraction of sp³-hybridized carbons (Fsp3) is 0.100. The number of hydrogen-bond donors (Lipinski definition) is 2. The number of aromatic nitrogens is 1. The summed E-state index contributed by atoms with van der Waals surface area (Å²) in [5.74, 6) is -0.367. The van der Waals surface area contributed by atoms with Gasteiger partial charge in [0, 0.05) is 16.0 Å². The normalized spacial score (nSPS) is 12.0. The third-order valence-corrected chi connectivity index (χ3v) is 4.74. The Morgan fingerprint density at radius 1 is 1.19 bits per heavy atom.